The zero-order valence-corrected chi connectivity index (χ0v) is 17.4. The Bertz CT molecular complexity index is 898. The lowest BCUT2D eigenvalue weighted by Gasteiger charge is -2.20. The number of esters is 1. The Balaban J connectivity index is 1.58. The van der Waals surface area contributed by atoms with Gasteiger partial charge in [0.05, 0.1) is 19.5 Å². The molecule has 0 bridgehead atoms. The van der Waals surface area contributed by atoms with Crippen molar-refractivity contribution < 1.29 is 28.5 Å². The van der Waals surface area contributed by atoms with Crippen LogP contribution in [0, 0.1) is 0 Å². The topological polar surface area (TPSA) is 109 Å². The highest BCUT2D eigenvalue weighted by Gasteiger charge is 2.18. The van der Waals surface area contributed by atoms with Crippen LogP contribution < -0.4 is 19.5 Å². The minimum Gasteiger partial charge on any atom is -0.493 e. The van der Waals surface area contributed by atoms with Crippen LogP contribution in [-0.4, -0.2) is 54.8 Å². The number of aromatic nitrogens is 2. The van der Waals surface area contributed by atoms with Gasteiger partial charge in [-0.15, -0.1) is 10.2 Å². The number of thioether (sulfide) groups is 1. The summed E-state index contributed by atoms with van der Waals surface area (Å²) in [5, 5.41) is 10.8. The smallest absolute Gasteiger partial charge is 0.316 e. The van der Waals surface area contributed by atoms with Crippen molar-refractivity contribution in [2.45, 2.75) is 11.3 Å². The zero-order chi connectivity index (χ0) is 20.6. The van der Waals surface area contributed by atoms with Crippen LogP contribution >= 0.6 is 23.1 Å². The third-order valence-corrected chi connectivity index (χ3v) is 5.48. The summed E-state index contributed by atoms with van der Waals surface area (Å²) in [6.07, 6.45) is 3.01. The number of nitrogens with zero attached hydrogens (tertiary/aromatic N) is 2. The maximum absolute atomic E-state index is 12.2. The monoisotopic (exact) mass is 437 g/mol. The van der Waals surface area contributed by atoms with Gasteiger partial charge in [0.1, 0.15) is 13.2 Å². The largest absolute Gasteiger partial charge is 0.493 e. The van der Waals surface area contributed by atoms with E-state index in [-0.39, 0.29) is 17.6 Å². The van der Waals surface area contributed by atoms with Crippen LogP contribution in [0.2, 0.25) is 0 Å². The summed E-state index contributed by atoms with van der Waals surface area (Å²) in [6.45, 7) is 2.99. The maximum atomic E-state index is 12.2. The molecule has 2 heterocycles. The number of carbonyl (C=O) groups excluding carboxylic acids is 2. The molecule has 0 unspecified atom stereocenters. The van der Waals surface area contributed by atoms with Gasteiger partial charge in [-0.2, -0.15) is 0 Å². The number of methoxy groups -OCH3 is 1. The molecule has 0 atom stereocenters. The average Bonchev–Trinajstić information content (AvgIpc) is 3.17. The van der Waals surface area contributed by atoms with E-state index in [2.05, 4.69) is 15.5 Å². The Morgan fingerprint density at radius 1 is 1.31 bits per heavy atom. The van der Waals surface area contributed by atoms with Crippen LogP contribution in [0.25, 0.3) is 6.08 Å². The third-order valence-electron chi connectivity index (χ3n) is 3.53. The van der Waals surface area contributed by atoms with Gasteiger partial charge in [-0.1, -0.05) is 23.1 Å². The van der Waals surface area contributed by atoms with E-state index in [4.69, 9.17) is 18.9 Å². The first-order valence-electron chi connectivity index (χ1n) is 8.67. The highest BCUT2D eigenvalue weighted by molar-refractivity contribution is 8.01. The van der Waals surface area contributed by atoms with Crippen molar-refractivity contribution in [1.29, 1.82) is 0 Å². The van der Waals surface area contributed by atoms with Crippen molar-refractivity contribution in [3.63, 3.8) is 0 Å². The van der Waals surface area contributed by atoms with E-state index in [1.54, 1.807) is 32.2 Å². The Kier molecular flexibility index (Phi) is 7.30. The molecule has 3 rings (SSSR count). The number of nitrogens with one attached hydrogen (secondary N) is 1. The van der Waals surface area contributed by atoms with Crippen LogP contribution in [-0.2, 0) is 14.3 Å². The van der Waals surface area contributed by atoms with Gasteiger partial charge >= 0.3 is 5.97 Å². The highest BCUT2D eigenvalue weighted by atomic mass is 32.2. The summed E-state index contributed by atoms with van der Waals surface area (Å²) in [5.41, 5.74) is 0.726. The fraction of sp³-hybridized carbons (Fsp3) is 0.333. The number of hydrogen-bond donors (Lipinski definition) is 1. The molecule has 1 aliphatic heterocycles. The van der Waals surface area contributed by atoms with Crippen molar-refractivity contribution in [2.75, 3.05) is 38.0 Å². The molecule has 1 aromatic carbocycles. The van der Waals surface area contributed by atoms with Gasteiger partial charge in [0.2, 0.25) is 16.8 Å². The normalized spacial score (nSPS) is 12.6. The van der Waals surface area contributed by atoms with Crippen molar-refractivity contribution in [2.24, 2.45) is 0 Å². The number of fused-ring (bicyclic) bond motifs is 1. The lowest BCUT2D eigenvalue weighted by molar-refractivity contribution is -0.139. The molecule has 2 aromatic rings. The van der Waals surface area contributed by atoms with Crippen LogP contribution in [0.4, 0.5) is 5.13 Å². The first kappa shape index (κ1) is 20.9. The number of ether oxygens (including phenoxy) is 4. The standard InChI is InChI=1S/C18H19N3O6S2/c1-3-25-15(23)10-28-18-21-20-17(29-18)19-14(22)5-4-11-8-12(24-2)16-13(9-11)26-6-7-27-16/h4-5,8-9H,3,6-7,10H2,1-2H3,(H,19,20,22)/b5-4+. The summed E-state index contributed by atoms with van der Waals surface area (Å²) in [5.74, 6) is 1.12. The summed E-state index contributed by atoms with van der Waals surface area (Å²) in [7, 11) is 1.54. The molecule has 0 fully saturated rings. The zero-order valence-electron chi connectivity index (χ0n) is 15.8. The molecule has 1 N–H and O–H groups in total. The SMILES string of the molecule is CCOC(=O)CSc1nnc(NC(=O)/C=C/c2cc(OC)c3c(c2)OCCO3)s1. The number of anilines is 1. The molecule has 0 spiro atoms. The van der Waals surface area contributed by atoms with E-state index >= 15 is 0 Å². The van der Waals surface area contributed by atoms with E-state index in [1.165, 1.54) is 29.2 Å². The minimum absolute atomic E-state index is 0.141. The van der Waals surface area contributed by atoms with Crippen LogP contribution in [0.3, 0.4) is 0 Å². The maximum Gasteiger partial charge on any atom is 0.316 e. The molecule has 9 nitrogen and oxygen atoms in total. The van der Waals surface area contributed by atoms with Gasteiger partial charge in [-0.25, -0.2) is 0 Å². The Hall–Kier alpha value is -2.79. The van der Waals surface area contributed by atoms with Gasteiger partial charge in [0.15, 0.2) is 15.8 Å². The third kappa shape index (κ3) is 5.84. The predicted molar refractivity (Wildman–Crippen MR) is 109 cm³/mol. The second-order valence-corrected chi connectivity index (χ2v) is 7.74. The molecule has 29 heavy (non-hydrogen) atoms. The average molecular weight is 437 g/mol. The number of benzene rings is 1. The second-order valence-electron chi connectivity index (χ2n) is 5.54. The second kappa shape index (κ2) is 10.1. The van der Waals surface area contributed by atoms with Gasteiger partial charge in [0.25, 0.3) is 0 Å². The summed E-state index contributed by atoms with van der Waals surface area (Å²) >= 11 is 2.38. The molecule has 0 aliphatic carbocycles. The molecule has 0 radical (unpaired) electrons. The molecule has 0 saturated carbocycles. The molecule has 11 heteroatoms. The summed E-state index contributed by atoms with van der Waals surface area (Å²) in [6, 6.07) is 3.53. The Morgan fingerprint density at radius 3 is 2.93 bits per heavy atom. The van der Waals surface area contributed by atoms with Crippen LogP contribution in [0.5, 0.6) is 17.2 Å². The lowest BCUT2D eigenvalue weighted by Crippen LogP contribution is -2.16. The van der Waals surface area contributed by atoms with E-state index in [1.807, 2.05) is 0 Å². The molecule has 1 aromatic heterocycles. The number of carbonyl (C=O) groups is 2. The van der Waals surface area contributed by atoms with E-state index in [9.17, 15) is 9.59 Å². The first-order chi connectivity index (χ1) is 14.1. The first-order valence-corrected chi connectivity index (χ1v) is 10.5. The highest BCUT2D eigenvalue weighted by Crippen LogP contribution is 2.40. The van der Waals surface area contributed by atoms with Crippen LogP contribution in [0.15, 0.2) is 22.5 Å². The number of hydrogen-bond acceptors (Lipinski definition) is 10. The number of amides is 1. The van der Waals surface area contributed by atoms with Gasteiger partial charge in [0, 0.05) is 6.08 Å². The minimum atomic E-state index is -0.364. The van der Waals surface area contributed by atoms with Crippen molar-refractivity contribution in [3.8, 4) is 17.2 Å². The van der Waals surface area contributed by atoms with Crippen molar-refractivity contribution in [1.82, 2.24) is 10.2 Å². The van der Waals surface area contributed by atoms with Crippen LogP contribution in [0.1, 0.15) is 12.5 Å². The fourth-order valence-electron chi connectivity index (χ4n) is 2.35. The predicted octanol–water partition coefficient (Wildman–Crippen LogP) is 2.63. The fourth-order valence-corrected chi connectivity index (χ4v) is 3.90. The molecule has 0 saturated heterocycles. The summed E-state index contributed by atoms with van der Waals surface area (Å²) < 4.78 is 21.9. The Labute approximate surface area is 175 Å². The van der Waals surface area contributed by atoms with E-state index < -0.39 is 0 Å². The molecule has 1 aliphatic rings. The molecule has 154 valence electrons. The van der Waals surface area contributed by atoms with E-state index in [0.29, 0.717) is 46.5 Å². The summed E-state index contributed by atoms with van der Waals surface area (Å²) in [4.78, 5) is 23.5. The van der Waals surface area contributed by atoms with Gasteiger partial charge in [-0.3, -0.25) is 14.9 Å². The molecule has 1 amide bonds. The van der Waals surface area contributed by atoms with Crippen molar-refractivity contribution in [3.05, 3.63) is 23.8 Å². The van der Waals surface area contributed by atoms with E-state index in [0.717, 1.165) is 5.56 Å². The molecular formula is C18H19N3O6S2. The quantitative estimate of drug-likeness (QED) is 0.288. The lowest BCUT2D eigenvalue weighted by atomic mass is 10.1. The number of rotatable bonds is 8. The Morgan fingerprint density at radius 2 is 2.14 bits per heavy atom. The van der Waals surface area contributed by atoms with Crippen molar-refractivity contribution >= 4 is 46.2 Å². The van der Waals surface area contributed by atoms with Gasteiger partial charge in [-0.05, 0) is 30.7 Å². The molecular weight excluding hydrogens is 418 g/mol. The van der Waals surface area contributed by atoms with Gasteiger partial charge < -0.3 is 18.9 Å².